The highest BCUT2D eigenvalue weighted by molar-refractivity contribution is 5.87. The Balaban J connectivity index is 3.05. The number of rotatable bonds is 3. The van der Waals surface area contributed by atoms with Crippen molar-refractivity contribution in [3.05, 3.63) is 29.6 Å². The standard InChI is InChI=1S/C8H8N2O4/c9-6(8(13)14)4-1-5(7(11)12)3-10-2-4/h1-3,6H,9H2,(H,11,12)(H,13,14). The van der Waals surface area contributed by atoms with Gasteiger partial charge in [0.2, 0.25) is 0 Å². The fraction of sp³-hybridized carbons (Fsp3) is 0.125. The second-order valence-corrected chi connectivity index (χ2v) is 2.63. The summed E-state index contributed by atoms with van der Waals surface area (Å²) in [7, 11) is 0. The SMILES string of the molecule is NC(C(=O)O)c1cncc(C(=O)O)c1. The molecule has 0 fully saturated rings. The molecule has 74 valence electrons. The molecule has 0 saturated carbocycles. The number of carbonyl (C=O) groups is 2. The number of aliphatic carboxylic acids is 1. The molecule has 4 N–H and O–H groups in total. The zero-order chi connectivity index (χ0) is 10.7. The lowest BCUT2D eigenvalue weighted by molar-refractivity contribution is -0.138. The fourth-order valence-corrected chi connectivity index (χ4v) is 0.887. The van der Waals surface area contributed by atoms with Crippen LogP contribution in [0.4, 0.5) is 0 Å². The van der Waals surface area contributed by atoms with Gasteiger partial charge in [-0.3, -0.25) is 9.78 Å². The number of hydrogen-bond acceptors (Lipinski definition) is 4. The van der Waals surface area contributed by atoms with E-state index in [1.807, 2.05) is 0 Å². The summed E-state index contributed by atoms with van der Waals surface area (Å²) >= 11 is 0. The Hall–Kier alpha value is -1.95. The smallest absolute Gasteiger partial charge is 0.337 e. The maximum absolute atomic E-state index is 10.5. The third-order valence-electron chi connectivity index (χ3n) is 1.63. The first-order chi connectivity index (χ1) is 6.52. The lowest BCUT2D eigenvalue weighted by atomic mass is 10.1. The van der Waals surface area contributed by atoms with Gasteiger partial charge in [0.25, 0.3) is 0 Å². The van der Waals surface area contributed by atoms with E-state index in [9.17, 15) is 9.59 Å². The minimum Gasteiger partial charge on any atom is -0.480 e. The number of carboxylic acid groups (broad SMARTS) is 2. The molecule has 0 amide bonds. The summed E-state index contributed by atoms with van der Waals surface area (Å²) in [5, 5.41) is 17.2. The van der Waals surface area contributed by atoms with Crippen LogP contribution in [0.3, 0.4) is 0 Å². The first-order valence-corrected chi connectivity index (χ1v) is 3.69. The number of aromatic carboxylic acids is 1. The van der Waals surface area contributed by atoms with Crippen molar-refractivity contribution in [3.63, 3.8) is 0 Å². The first kappa shape index (κ1) is 10.1. The van der Waals surface area contributed by atoms with E-state index in [1.54, 1.807) is 0 Å². The van der Waals surface area contributed by atoms with Crippen molar-refractivity contribution in [2.75, 3.05) is 0 Å². The predicted octanol–water partition coefficient (Wildman–Crippen LogP) is -0.136. The maximum atomic E-state index is 10.5. The zero-order valence-electron chi connectivity index (χ0n) is 7.04. The van der Waals surface area contributed by atoms with Gasteiger partial charge in [0.15, 0.2) is 0 Å². The van der Waals surface area contributed by atoms with E-state index >= 15 is 0 Å². The van der Waals surface area contributed by atoms with Gasteiger partial charge >= 0.3 is 11.9 Å². The minimum absolute atomic E-state index is 0.0841. The van der Waals surface area contributed by atoms with Gasteiger partial charge in [-0.2, -0.15) is 0 Å². The highest BCUT2D eigenvalue weighted by Gasteiger charge is 2.16. The molecule has 0 spiro atoms. The normalized spacial score (nSPS) is 12.1. The Labute approximate surface area is 79.0 Å². The number of aromatic nitrogens is 1. The van der Waals surface area contributed by atoms with Crippen LogP contribution in [-0.2, 0) is 4.79 Å². The van der Waals surface area contributed by atoms with Gasteiger partial charge in [-0.05, 0) is 11.6 Å². The average molecular weight is 196 g/mol. The van der Waals surface area contributed by atoms with E-state index < -0.39 is 18.0 Å². The molecular weight excluding hydrogens is 188 g/mol. The molecule has 0 saturated heterocycles. The van der Waals surface area contributed by atoms with Crippen molar-refractivity contribution in [1.82, 2.24) is 4.98 Å². The predicted molar refractivity (Wildman–Crippen MR) is 45.8 cm³/mol. The maximum Gasteiger partial charge on any atom is 0.337 e. The van der Waals surface area contributed by atoms with Crippen LogP contribution >= 0.6 is 0 Å². The van der Waals surface area contributed by atoms with Crippen LogP contribution in [0.2, 0.25) is 0 Å². The van der Waals surface area contributed by atoms with Crippen LogP contribution < -0.4 is 5.73 Å². The lowest BCUT2D eigenvalue weighted by Gasteiger charge is -2.05. The molecule has 0 radical (unpaired) electrons. The molecule has 1 aromatic heterocycles. The molecule has 1 rings (SSSR count). The van der Waals surface area contributed by atoms with E-state index in [0.717, 1.165) is 6.20 Å². The van der Waals surface area contributed by atoms with Crippen molar-refractivity contribution < 1.29 is 19.8 Å². The molecule has 0 aliphatic rings. The average Bonchev–Trinajstić information content (AvgIpc) is 2.16. The molecule has 0 bridgehead atoms. The Morgan fingerprint density at radius 1 is 1.36 bits per heavy atom. The molecule has 1 atom stereocenters. The summed E-state index contributed by atoms with van der Waals surface area (Å²) in [6, 6.07) is -0.0597. The molecule has 0 aliphatic heterocycles. The van der Waals surface area contributed by atoms with Crippen LogP contribution in [0.15, 0.2) is 18.5 Å². The molecule has 1 aromatic rings. The molecule has 1 unspecified atom stereocenters. The Kier molecular flexibility index (Phi) is 2.78. The summed E-state index contributed by atoms with van der Waals surface area (Å²) in [6.45, 7) is 0. The fourth-order valence-electron chi connectivity index (χ4n) is 0.887. The van der Waals surface area contributed by atoms with Crippen LogP contribution in [-0.4, -0.2) is 27.1 Å². The Bertz CT molecular complexity index is 377. The Morgan fingerprint density at radius 3 is 2.50 bits per heavy atom. The van der Waals surface area contributed by atoms with Crippen LogP contribution in [0.5, 0.6) is 0 Å². The molecule has 1 heterocycles. The van der Waals surface area contributed by atoms with E-state index in [4.69, 9.17) is 15.9 Å². The summed E-state index contributed by atoms with van der Waals surface area (Å²) in [5.41, 5.74) is 5.35. The number of hydrogen-bond donors (Lipinski definition) is 3. The van der Waals surface area contributed by atoms with E-state index in [-0.39, 0.29) is 11.1 Å². The van der Waals surface area contributed by atoms with Crippen LogP contribution in [0, 0.1) is 0 Å². The lowest BCUT2D eigenvalue weighted by Crippen LogP contribution is -2.21. The number of carboxylic acids is 2. The van der Waals surface area contributed by atoms with Gasteiger partial charge in [-0.25, -0.2) is 4.79 Å². The molecular formula is C8H8N2O4. The van der Waals surface area contributed by atoms with Gasteiger partial charge in [-0.15, -0.1) is 0 Å². The van der Waals surface area contributed by atoms with Crippen molar-refractivity contribution in [3.8, 4) is 0 Å². The first-order valence-electron chi connectivity index (χ1n) is 3.69. The largest absolute Gasteiger partial charge is 0.480 e. The third kappa shape index (κ3) is 2.05. The molecule has 0 aromatic carbocycles. The van der Waals surface area contributed by atoms with Crippen LogP contribution in [0.1, 0.15) is 22.0 Å². The third-order valence-corrected chi connectivity index (χ3v) is 1.63. The topological polar surface area (TPSA) is 114 Å². The number of nitrogens with zero attached hydrogens (tertiary/aromatic N) is 1. The highest BCUT2D eigenvalue weighted by Crippen LogP contribution is 2.10. The second-order valence-electron chi connectivity index (χ2n) is 2.63. The van der Waals surface area contributed by atoms with E-state index in [1.165, 1.54) is 12.3 Å². The number of pyridine rings is 1. The van der Waals surface area contributed by atoms with E-state index in [0.29, 0.717) is 0 Å². The Morgan fingerprint density at radius 2 is 2.00 bits per heavy atom. The van der Waals surface area contributed by atoms with Gasteiger partial charge in [0.1, 0.15) is 6.04 Å². The van der Waals surface area contributed by atoms with Crippen molar-refractivity contribution in [2.24, 2.45) is 5.73 Å². The zero-order valence-corrected chi connectivity index (χ0v) is 7.04. The monoisotopic (exact) mass is 196 g/mol. The summed E-state index contributed by atoms with van der Waals surface area (Å²) in [5.74, 6) is -2.40. The van der Waals surface area contributed by atoms with Gasteiger partial charge in [0, 0.05) is 12.4 Å². The summed E-state index contributed by atoms with van der Waals surface area (Å²) in [4.78, 5) is 24.6. The van der Waals surface area contributed by atoms with Gasteiger partial charge < -0.3 is 15.9 Å². The van der Waals surface area contributed by atoms with Gasteiger partial charge in [0.05, 0.1) is 5.56 Å². The van der Waals surface area contributed by atoms with Crippen molar-refractivity contribution >= 4 is 11.9 Å². The minimum atomic E-state index is -1.25. The molecule has 6 nitrogen and oxygen atoms in total. The van der Waals surface area contributed by atoms with Crippen molar-refractivity contribution in [2.45, 2.75) is 6.04 Å². The summed E-state index contributed by atoms with van der Waals surface area (Å²) < 4.78 is 0. The quantitative estimate of drug-likeness (QED) is 0.620. The van der Waals surface area contributed by atoms with Crippen molar-refractivity contribution in [1.29, 1.82) is 0 Å². The van der Waals surface area contributed by atoms with Gasteiger partial charge in [-0.1, -0.05) is 0 Å². The highest BCUT2D eigenvalue weighted by atomic mass is 16.4. The number of nitrogens with two attached hydrogens (primary N) is 1. The van der Waals surface area contributed by atoms with E-state index in [2.05, 4.69) is 4.98 Å². The van der Waals surface area contributed by atoms with Crippen LogP contribution in [0.25, 0.3) is 0 Å². The molecule has 6 heteroatoms. The second kappa shape index (κ2) is 3.84. The molecule has 0 aliphatic carbocycles. The molecule has 14 heavy (non-hydrogen) atoms. The summed E-state index contributed by atoms with van der Waals surface area (Å²) in [6.07, 6.45) is 2.35.